The largest absolute Gasteiger partial charge is 0.423 e. The van der Waals surface area contributed by atoms with E-state index in [0.29, 0.717) is 11.6 Å². The molecule has 1 atom stereocenters. The lowest BCUT2D eigenvalue weighted by Crippen LogP contribution is -2.39. The van der Waals surface area contributed by atoms with Gasteiger partial charge in [0, 0.05) is 30.6 Å². The van der Waals surface area contributed by atoms with Gasteiger partial charge in [-0.05, 0) is 48.2 Å². The Bertz CT molecular complexity index is 945. The Kier molecular flexibility index (Phi) is 4.55. The summed E-state index contributed by atoms with van der Waals surface area (Å²) in [6.45, 7) is 1.94. The monoisotopic (exact) mass is 337 g/mol. The van der Waals surface area contributed by atoms with E-state index >= 15 is 0 Å². The van der Waals surface area contributed by atoms with Crippen molar-refractivity contribution in [3.63, 3.8) is 0 Å². The van der Waals surface area contributed by atoms with Gasteiger partial charge in [0.1, 0.15) is 5.58 Å². The highest BCUT2D eigenvalue weighted by Gasteiger charge is 2.23. The zero-order chi connectivity index (χ0) is 17.2. The average Bonchev–Trinajstić information content (AvgIpc) is 2.63. The van der Waals surface area contributed by atoms with Crippen molar-refractivity contribution < 1.29 is 9.52 Å². The Morgan fingerprint density at radius 1 is 1.16 bits per heavy atom. The van der Waals surface area contributed by atoms with E-state index in [9.17, 15) is 9.90 Å². The second-order valence-corrected chi connectivity index (χ2v) is 6.88. The molecule has 4 rings (SSSR count). The summed E-state index contributed by atoms with van der Waals surface area (Å²) in [4.78, 5) is 14.5. The van der Waals surface area contributed by atoms with E-state index in [1.54, 1.807) is 6.07 Å². The minimum Gasteiger partial charge on any atom is -0.423 e. The van der Waals surface area contributed by atoms with Crippen LogP contribution in [-0.4, -0.2) is 29.2 Å². The van der Waals surface area contributed by atoms with Crippen LogP contribution in [0.3, 0.4) is 0 Å². The van der Waals surface area contributed by atoms with Gasteiger partial charge in [-0.3, -0.25) is 4.90 Å². The lowest BCUT2D eigenvalue weighted by atomic mass is 9.97. The van der Waals surface area contributed by atoms with Gasteiger partial charge in [0.05, 0.1) is 0 Å². The van der Waals surface area contributed by atoms with Gasteiger partial charge in [-0.15, -0.1) is 0 Å². The van der Waals surface area contributed by atoms with Crippen LogP contribution in [0.5, 0.6) is 0 Å². The lowest BCUT2D eigenvalue weighted by Gasteiger charge is -2.35. The van der Waals surface area contributed by atoms with Crippen LogP contribution in [0.25, 0.3) is 21.7 Å². The van der Waals surface area contributed by atoms with Crippen molar-refractivity contribution in [3.8, 4) is 0 Å². The molecule has 130 valence electrons. The summed E-state index contributed by atoms with van der Waals surface area (Å²) >= 11 is 0. The Hall–Kier alpha value is -2.17. The minimum atomic E-state index is -0.298. The first-order valence-electron chi connectivity index (χ1n) is 9.05. The van der Waals surface area contributed by atoms with Crippen molar-refractivity contribution in [2.45, 2.75) is 38.3 Å². The number of nitrogens with zero attached hydrogens (tertiary/aromatic N) is 1. The van der Waals surface area contributed by atoms with E-state index in [1.807, 2.05) is 24.3 Å². The number of hydrogen-bond acceptors (Lipinski definition) is 4. The van der Waals surface area contributed by atoms with Gasteiger partial charge in [-0.25, -0.2) is 4.79 Å². The number of hydrogen-bond donors (Lipinski definition) is 1. The molecule has 0 unspecified atom stereocenters. The molecule has 1 fully saturated rings. The molecule has 3 aromatic rings. The fraction of sp³-hybridized carbons (Fsp3) is 0.381. The van der Waals surface area contributed by atoms with Crippen molar-refractivity contribution in [1.29, 1.82) is 0 Å². The molecule has 2 aromatic carbocycles. The summed E-state index contributed by atoms with van der Waals surface area (Å²) in [6, 6.07) is 14.1. The lowest BCUT2D eigenvalue weighted by molar-refractivity contribution is 0.113. The van der Waals surface area contributed by atoms with Crippen LogP contribution in [0.1, 0.15) is 31.2 Å². The number of rotatable bonds is 4. The summed E-state index contributed by atoms with van der Waals surface area (Å²) in [5.74, 6) is 0. The van der Waals surface area contributed by atoms with Gasteiger partial charge < -0.3 is 9.52 Å². The third-order valence-corrected chi connectivity index (χ3v) is 5.30. The number of aliphatic hydroxyl groups is 1. The fourth-order valence-electron chi connectivity index (χ4n) is 4.11. The van der Waals surface area contributed by atoms with E-state index in [0.717, 1.165) is 47.7 Å². The number of piperidine rings is 1. The van der Waals surface area contributed by atoms with Crippen LogP contribution in [0, 0.1) is 0 Å². The first-order valence-corrected chi connectivity index (χ1v) is 9.05. The fourth-order valence-corrected chi connectivity index (χ4v) is 4.11. The minimum absolute atomic E-state index is 0.210. The number of aliphatic hydroxyl groups excluding tert-OH is 1. The second kappa shape index (κ2) is 6.98. The van der Waals surface area contributed by atoms with Crippen LogP contribution in [0.15, 0.2) is 51.7 Å². The molecule has 0 saturated carbocycles. The first kappa shape index (κ1) is 16.3. The zero-order valence-electron chi connectivity index (χ0n) is 14.3. The second-order valence-electron chi connectivity index (χ2n) is 6.88. The Labute approximate surface area is 146 Å². The molecule has 1 N–H and O–H groups in total. The maximum atomic E-state index is 12.1. The van der Waals surface area contributed by atoms with Gasteiger partial charge in [-0.2, -0.15) is 0 Å². The standard InChI is InChI=1S/C21H23NO3/c23-12-10-17-6-3-4-11-22(17)14-16-13-20(24)25-19-9-8-15-5-1-2-7-18(15)21(16)19/h1-2,5,7-9,13,17,23H,3-4,6,10-12,14H2/t17-/m1/s1. The average molecular weight is 337 g/mol. The molecular formula is C21H23NO3. The number of likely N-dealkylation sites (tertiary alicyclic amines) is 1. The molecule has 1 aliphatic rings. The van der Waals surface area contributed by atoms with Gasteiger partial charge in [-0.1, -0.05) is 36.8 Å². The summed E-state index contributed by atoms with van der Waals surface area (Å²) in [6.07, 6.45) is 4.28. The van der Waals surface area contributed by atoms with Gasteiger partial charge >= 0.3 is 5.63 Å². The van der Waals surface area contributed by atoms with Crippen LogP contribution in [0.4, 0.5) is 0 Å². The molecule has 1 aliphatic heterocycles. The maximum absolute atomic E-state index is 12.1. The Balaban J connectivity index is 1.82. The highest BCUT2D eigenvalue weighted by Crippen LogP contribution is 2.30. The van der Waals surface area contributed by atoms with Crippen molar-refractivity contribution in [1.82, 2.24) is 4.90 Å². The van der Waals surface area contributed by atoms with E-state index in [2.05, 4.69) is 17.0 Å². The van der Waals surface area contributed by atoms with Crippen molar-refractivity contribution >= 4 is 21.7 Å². The van der Waals surface area contributed by atoms with E-state index in [-0.39, 0.29) is 12.2 Å². The highest BCUT2D eigenvalue weighted by atomic mass is 16.4. The van der Waals surface area contributed by atoms with Crippen LogP contribution >= 0.6 is 0 Å². The van der Waals surface area contributed by atoms with Gasteiger partial charge in [0.15, 0.2) is 0 Å². The highest BCUT2D eigenvalue weighted by molar-refractivity contribution is 6.07. The molecule has 0 radical (unpaired) electrons. The topological polar surface area (TPSA) is 53.7 Å². The molecular weight excluding hydrogens is 314 g/mol. The molecule has 0 amide bonds. The van der Waals surface area contributed by atoms with Crippen molar-refractivity contribution in [3.05, 3.63) is 58.4 Å². The molecule has 0 spiro atoms. The smallest absolute Gasteiger partial charge is 0.336 e. The molecule has 25 heavy (non-hydrogen) atoms. The van der Waals surface area contributed by atoms with Gasteiger partial charge in [0.25, 0.3) is 0 Å². The predicted octanol–water partition coefficient (Wildman–Crippen LogP) is 3.68. The van der Waals surface area contributed by atoms with Gasteiger partial charge in [0.2, 0.25) is 0 Å². The van der Waals surface area contributed by atoms with Crippen LogP contribution in [-0.2, 0) is 6.54 Å². The van der Waals surface area contributed by atoms with E-state index < -0.39 is 0 Å². The molecule has 4 heteroatoms. The van der Waals surface area contributed by atoms with Crippen molar-refractivity contribution in [2.75, 3.05) is 13.2 Å². The molecule has 1 saturated heterocycles. The van der Waals surface area contributed by atoms with Crippen LogP contribution in [0.2, 0.25) is 0 Å². The third-order valence-electron chi connectivity index (χ3n) is 5.30. The third kappa shape index (κ3) is 3.20. The number of benzene rings is 2. The summed E-state index contributed by atoms with van der Waals surface area (Å²) in [7, 11) is 0. The normalized spacial score (nSPS) is 18.8. The van der Waals surface area contributed by atoms with Crippen molar-refractivity contribution in [2.24, 2.45) is 0 Å². The number of fused-ring (bicyclic) bond motifs is 3. The molecule has 2 heterocycles. The predicted molar refractivity (Wildman–Crippen MR) is 99.7 cm³/mol. The SMILES string of the molecule is O=c1cc(CN2CCCC[C@@H]2CCO)c2c(ccc3ccccc32)o1. The Morgan fingerprint density at radius 2 is 2.04 bits per heavy atom. The molecule has 1 aromatic heterocycles. The summed E-state index contributed by atoms with van der Waals surface area (Å²) < 4.78 is 5.46. The van der Waals surface area contributed by atoms with E-state index in [1.165, 1.54) is 12.8 Å². The Morgan fingerprint density at radius 3 is 2.92 bits per heavy atom. The summed E-state index contributed by atoms with van der Waals surface area (Å²) in [5, 5.41) is 12.7. The molecule has 4 nitrogen and oxygen atoms in total. The summed E-state index contributed by atoms with van der Waals surface area (Å²) in [5.41, 5.74) is 1.37. The maximum Gasteiger partial charge on any atom is 0.336 e. The first-order chi connectivity index (χ1) is 12.3. The molecule has 0 aliphatic carbocycles. The quantitative estimate of drug-likeness (QED) is 0.583. The zero-order valence-corrected chi connectivity index (χ0v) is 14.3. The van der Waals surface area contributed by atoms with E-state index in [4.69, 9.17) is 4.42 Å². The molecule has 0 bridgehead atoms. The van der Waals surface area contributed by atoms with Crippen LogP contribution < -0.4 is 5.63 Å².